The van der Waals surface area contributed by atoms with E-state index in [0.717, 1.165) is 32.4 Å². The Kier molecular flexibility index (Phi) is 4.74. The second-order valence-electron chi connectivity index (χ2n) is 4.81. The molecule has 2 unspecified atom stereocenters. The normalized spacial score (nSPS) is 29.5. The zero-order valence-corrected chi connectivity index (χ0v) is 10.5. The van der Waals surface area contributed by atoms with Gasteiger partial charge in [0.05, 0.1) is 12.2 Å². The lowest BCUT2D eigenvalue weighted by molar-refractivity contribution is -0.148. The van der Waals surface area contributed by atoms with Gasteiger partial charge in [-0.3, -0.25) is 9.69 Å². The molecular formula is C12H23NO3. The average Bonchev–Trinajstić information content (AvgIpc) is 2.39. The van der Waals surface area contributed by atoms with Crippen LogP contribution in [-0.2, 0) is 9.53 Å². The van der Waals surface area contributed by atoms with Crippen molar-refractivity contribution in [2.45, 2.75) is 51.7 Å². The topological polar surface area (TPSA) is 49.8 Å². The van der Waals surface area contributed by atoms with Crippen molar-refractivity contribution in [1.29, 1.82) is 0 Å². The van der Waals surface area contributed by atoms with Crippen molar-refractivity contribution in [1.82, 2.24) is 4.90 Å². The minimum atomic E-state index is -0.580. The van der Waals surface area contributed by atoms with Gasteiger partial charge in [-0.1, -0.05) is 0 Å². The number of rotatable bonds is 3. The molecule has 0 amide bonds. The first kappa shape index (κ1) is 13.5. The van der Waals surface area contributed by atoms with Crippen LogP contribution in [0.25, 0.3) is 0 Å². The second-order valence-corrected chi connectivity index (χ2v) is 4.81. The summed E-state index contributed by atoms with van der Waals surface area (Å²) in [6.45, 7) is 7.60. The van der Waals surface area contributed by atoms with Crippen molar-refractivity contribution in [3.8, 4) is 0 Å². The van der Waals surface area contributed by atoms with Crippen LogP contribution < -0.4 is 0 Å². The number of esters is 1. The number of hydrogen-bond donors (Lipinski definition) is 1. The summed E-state index contributed by atoms with van der Waals surface area (Å²) in [7, 11) is 0. The van der Waals surface area contributed by atoms with Gasteiger partial charge in [0.25, 0.3) is 0 Å². The van der Waals surface area contributed by atoms with Gasteiger partial charge in [-0.05, 0) is 46.6 Å². The molecule has 1 fully saturated rings. The van der Waals surface area contributed by atoms with E-state index in [0.29, 0.717) is 6.61 Å². The van der Waals surface area contributed by atoms with Crippen LogP contribution in [0, 0.1) is 0 Å². The highest BCUT2D eigenvalue weighted by atomic mass is 16.5. The summed E-state index contributed by atoms with van der Waals surface area (Å²) in [5.74, 6) is -0.163. The van der Waals surface area contributed by atoms with E-state index in [1.165, 1.54) is 0 Å². The monoisotopic (exact) mass is 229 g/mol. The molecule has 1 aliphatic rings. The molecule has 0 bridgehead atoms. The molecule has 1 aliphatic heterocycles. The lowest BCUT2D eigenvalue weighted by Gasteiger charge is -2.26. The van der Waals surface area contributed by atoms with E-state index >= 15 is 0 Å². The van der Waals surface area contributed by atoms with Gasteiger partial charge >= 0.3 is 5.97 Å². The number of carbonyl (C=O) groups excluding carboxylic acids is 1. The van der Waals surface area contributed by atoms with Crippen LogP contribution in [0.15, 0.2) is 0 Å². The Morgan fingerprint density at radius 2 is 2.19 bits per heavy atom. The molecule has 1 heterocycles. The number of nitrogens with zero attached hydrogens (tertiary/aromatic N) is 1. The Morgan fingerprint density at radius 1 is 1.50 bits per heavy atom. The molecule has 0 aromatic carbocycles. The fourth-order valence-corrected chi connectivity index (χ4v) is 2.08. The van der Waals surface area contributed by atoms with Gasteiger partial charge in [0.2, 0.25) is 0 Å². The van der Waals surface area contributed by atoms with Crippen LogP contribution >= 0.6 is 0 Å². The third kappa shape index (κ3) is 3.76. The largest absolute Gasteiger partial charge is 0.465 e. The highest BCUT2D eigenvalue weighted by Crippen LogP contribution is 2.22. The zero-order chi connectivity index (χ0) is 12.2. The quantitative estimate of drug-likeness (QED) is 0.738. The summed E-state index contributed by atoms with van der Waals surface area (Å²) >= 11 is 0. The first-order chi connectivity index (χ1) is 7.46. The Hall–Kier alpha value is -0.610. The van der Waals surface area contributed by atoms with Gasteiger partial charge in [0.15, 0.2) is 0 Å². The molecule has 1 rings (SSSR count). The SMILES string of the molecule is CCOC(=O)C(C)N1CCCC(C)(O)CC1. The zero-order valence-electron chi connectivity index (χ0n) is 10.5. The second kappa shape index (κ2) is 5.64. The van der Waals surface area contributed by atoms with Crippen molar-refractivity contribution >= 4 is 5.97 Å². The minimum Gasteiger partial charge on any atom is -0.465 e. The molecule has 0 radical (unpaired) electrons. The first-order valence-electron chi connectivity index (χ1n) is 6.09. The van der Waals surface area contributed by atoms with Gasteiger partial charge in [-0.25, -0.2) is 0 Å². The van der Waals surface area contributed by atoms with E-state index in [9.17, 15) is 9.90 Å². The third-order valence-corrected chi connectivity index (χ3v) is 3.27. The van der Waals surface area contributed by atoms with E-state index in [2.05, 4.69) is 4.90 Å². The smallest absolute Gasteiger partial charge is 0.323 e. The number of aliphatic hydroxyl groups is 1. The summed E-state index contributed by atoms with van der Waals surface area (Å²) < 4.78 is 5.01. The van der Waals surface area contributed by atoms with Crippen molar-refractivity contribution < 1.29 is 14.6 Å². The molecule has 1 N–H and O–H groups in total. The van der Waals surface area contributed by atoms with E-state index in [1.54, 1.807) is 0 Å². The van der Waals surface area contributed by atoms with Crippen molar-refractivity contribution in [2.24, 2.45) is 0 Å². The van der Waals surface area contributed by atoms with E-state index in [4.69, 9.17) is 4.74 Å². The maximum absolute atomic E-state index is 11.6. The summed E-state index contributed by atoms with van der Waals surface area (Å²) in [5.41, 5.74) is -0.580. The van der Waals surface area contributed by atoms with E-state index < -0.39 is 5.60 Å². The van der Waals surface area contributed by atoms with Gasteiger partial charge in [-0.15, -0.1) is 0 Å². The summed E-state index contributed by atoms with van der Waals surface area (Å²) in [5, 5.41) is 9.95. The lowest BCUT2D eigenvalue weighted by atomic mass is 9.98. The summed E-state index contributed by atoms with van der Waals surface area (Å²) in [4.78, 5) is 13.7. The standard InChI is InChI=1S/C12H23NO3/c1-4-16-11(14)10(2)13-8-5-6-12(3,15)7-9-13/h10,15H,4-9H2,1-3H3. The number of likely N-dealkylation sites (tertiary alicyclic amines) is 1. The van der Waals surface area contributed by atoms with Crippen molar-refractivity contribution in [2.75, 3.05) is 19.7 Å². The summed E-state index contributed by atoms with van der Waals surface area (Å²) in [6, 6.07) is -0.200. The highest BCUT2D eigenvalue weighted by Gasteiger charge is 2.29. The Balaban J connectivity index is 2.51. The predicted molar refractivity (Wildman–Crippen MR) is 62.1 cm³/mol. The maximum atomic E-state index is 11.6. The minimum absolute atomic E-state index is 0.163. The highest BCUT2D eigenvalue weighted by molar-refractivity contribution is 5.75. The molecule has 4 nitrogen and oxygen atoms in total. The van der Waals surface area contributed by atoms with Crippen molar-refractivity contribution in [3.63, 3.8) is 0 Å². The van der Waals surface area contributed by atoms with E-state index in [1.807, 2.05) is 20.8 Å². The molecule has 0 spiro atoms. The molecule has 0 aromatic heterocycles. The number of hydrogen-bond acceptors (Lipinski definition) is 4. The van der Waals surface area contributed by atoms with Gasteiger partial charge in [-0.2, -0.15) is 0 Å². The van der Waals surface area contributed by atoms with Crippen LogP contribution in [0.2, 0.25) is 0 Å². The first-order valence-corrected chi connectivity index (χ1v) is 6.09. The number of ether oxygens (including phenoxy) is 1. The van der Waals surface area contributed by atoms with Crippen LogP contribution in [0.5, 0.6) is 0 Å². The van der Waals surface area contributed by atoms with Gasteiger partial charge in [0.1, 0.15) is 6.04 Å². The van der Waals surface area contributed by atoms with E-state index in [-0.39, 0.29) is 12.0 Å². The maximum Gasteiger partial charge on any atom is 0.323 e. The molecule has 0 aromatic rings. The third-order valence-electron chi connectivity index (χ3n) is 3.27. The molecule has 16 heavy (non-hydrogen) atoms. The molecule has 1 saturated heterocycles. The Morgan fingerprint density at radius 3 is 2.81 bits per heavy atom. The van der Waals surface area contributed by atoms with Crippen molar-refractivity contribution in [3.05, 3.63) is 0 Å². The fraction of sp³-hybridized carbons (Fsp3) is 0.917. The molecule has 4 heteroatoms. The van der Waals surface area contributed by atoms with Crippen LogP contribution in [0.1, 0.15) is 40.0 Å². The molecule has 0 saturated carbocycles. The molecule has 2 atom stereocenters. The molecule has 0 aliphatic carbocycles. The Labute approximate surface area is 97.6 Å². The number of carbonyl (C=O) groups is 1. The average molecular weight is 229 g/mol. The lowest BCUT2D eigenvalue weighted by Crippen LogP contribution is -2.41. The Bertz CT molecular complexity index is 240. The van der Waals surface area contributed by atoms with Crippen LogP contribution in [0.4, 0.5) is 0 Å². The predicted octanol–water partition coefficient (Wildman–Crippen LogP) is 1.17. The van der Waals surface area contributed by atoms with Crippen LogP contribution in [-0.4, -0.2) is 47.3 Å². The molecule has 94 valence electrons. The molecular weight excluding hydrogens is 206 g/mol. The van der Waals surface area contributed by atoms with Gasteiger partial charge in [0, 0.05) is 6.54 Å². The fourth-order valence-electron chi connectivity index (χ4n) is 2.08. The van der Waals surface area contributed by atoms with Gasteiger partial charge < -0.3 is 9.84 Å². The van der Waals surface area contributed by atoms with Crippen LogP contribution in [0.3, 0.4) is 0 Å². The summed E-state index contributed by atoms with van der Waals surface area (Å²) in [6.07, 6.45) is 2.45.